The molecule has 8 heteroatoms. The van der Waals surface area contributed by atoms with Crippen molar-refractivity contribution in [3.05, 3.63) is 85.1 Å². The topological polar surface area (TPSA) is 102 Å². The number of rotatable bonds is 42. The summed E-state index contributed by atoms with van der Waals surface area (Å²) in [6.07, 6.45) is 56.1. The van der Waals surface area contributed by atoms with E-state index in [-0.39, 0.29) is 42.7 Å². The van der Waals surface area contributed by atoms with E-state index in [1.165, 1.54) is 44.9 Å². The van der Waals surface area contributed by atoms with Gasteiger partial charge in [-0.15, -0.1) is 0 Å². The van der Waals surface area contributed by atoms with Gasteiger partial charge in [0.15, 0.2) is 6.10 Å². The molecule has 0 aromatic carbocycles. The lowest BCUT2D eigenvalue weighted by molar-refractivity contribution is -0.889. The summed E-state index contributed by atoms with van der Waals surface area (Å²) in [5.41, 5.74) is 0. The number of ether oxygens (including phenoxy) is 3. The van der Waals surface area contributed by atoms with Gasteiger partial charge in [-0.25, -0.2) is 0 Å². The normalized spacial score (nSPS) is 13.7. The number of nitrogens with zero attached hydrogens (tertiary/aromatic N) is 1. The van der Waals surface area contributed by atoms with Crippen molar-refractivity contribution < 1.29 is 38.2 Å². The van der Waals surface area contributed by atoms with Crippen molar-refractivity contribution in [1.82, 2.24) is 0 Å². The number of esters is 2. The molecule has 0 aliphatic heterocycles. The first-order valence-electron chi connectivity index (χ1n) is 24.1. The van der Waals surface area contributed by atoms with Crippen LogP contribution in [0.3, 0.4) is 0 Å². The predicted molar refractivity (Wildman–Crippen MR) is 254 cm³/mol. The number of carboxylic acids is 1. The Bertz CT molecular complexity index is 1270. The highest BCUT2D eigenvalue weighted by Gasteiger charge is 2.25. The van der Waals surface area contributed by atoms with Crippen LogP contribution in [0.25, 0.3) is 0 Å². The maximum Gasteiger partial charge on any atom is 0.306 e. The molecule has 0 radical (unpaired) electrons. The molecule has 0 aromatic rings. The van der Waals surface area contributed by atoms with Crippen molar-refractivity contribution in [1.29, 1.82) is 0 Å². The fourth-order valence-corrected chi connectivity index (χ4v) is 6.56. The second-order valence-corrected chi connectivity index (χ2v) is 17.0. The Hall–Kier alpha value is -3.49. The number of likely N-dealkylation sites (N-methyl/N-ethyl adjacent to an activating group) is 1. The highest BCUT2D eigenvalue weighted by Crippen LogP contribution is 2.13. The molecule has 0 aliphatic carbocycles. The minimum Gasteiger partial charge on any atom is -0.544 e. The number of carboxylic acid groups (broad SMARTS) is 1. The summed E-state index contributed by atoms with van der Waals surface area (Å²) >= 11 is 0. The van der Waals surface area contributed by atoms with Gasteiger partial charge in [-0.05, 0) is 83.5 Å². The Labute approximate surface area is 373 Å². The van der Waals surface area contributed by atoms with Crippen LogP contribution in [0, 0.1) is 0 Å². The molecule has 0 rings (SSSR count). The number of unbranched alkanes of at least 4 members (excludes halogenated alkanes) is 15. The Balaban J connectivity index is 4.41. The molecule has 0 amide bonds. The Morgan fingerprint density at radius 1 is 0.525 bits per heavy atom. The number of quaternary nitrogens is 1. The highest BCUT2D eigenvalue weighted by atomic mass is 16.6. The number of allylic oxidation sites excluding steroid dienone is 14. The van der Waals surface area contributed by atoms with Gasteiger partial charge in [0.25, 0.3) is 0 Å². The van der Waals surface area contributed by atoms with Crippen molar-refractivity contribution >= 4 is 17.9 Å². The molecular weight excluding hydrogens is 763 g/mol. The molecule has 0 spiro atoms. The standard InChI is InChI=1S/C53H89NO7/c1-6-8-10-12-14-16-18-20-22-24-26-28-29-31-33-35-37-39-41-43-51(55)60-48-49(47-59-46-45-50(53(57)58)54(3,4)5)61-52(56)44-42-40-38-36-34-32-30-27-25-23-21-19-17-15-13-11-9-7-2/h8,10,14,16,20,22-23,25-28,30-31,33,49-50H,6-7,9,11-13,15,17-19,21,24,29,32,34-48H2,1-5H3/b10-8+,16-14+,22-20+,25-23+,28-26+,30-27+,33-31+. The van der Waals surface area contributed by atoms with Gasteiger partial charge < -0.3 is 28.6 Å². The van der Waals surface area contributed by atoms with Crippen molar-refractivity contribution in [2.24, 2.45) is 0 Å². The quantitative estimate of drug-likeness (QED) is 0.0198. The van der Waals surface area contributed by atoms with Gasteiger partial charge in [0, 0.05) is 19.3 Å². The first kappa shape index (κ1) is 57.5. The van der Waals surface area contributed by atoms with Gasteiger partial charge >= 0.3 is 11.9 Å². The van der Waals surface area contributed by atoms with Crippen LogP contribution in [0.5, 0.6) is 0 Å². The smallest absolute Gasteiger partial charge is 0.306 e. The second-order valence-electron chi connectivity index (χ2n) is 17.0. The lowest BCUT2D eigenvalue weighted by Gasteiger charge is -2.34. The van der Waals surface area contributed by atoms with E-state index in [1.54, 1.807) is 21.1 Å². The maximum atomic E-state index is 12.8. The van der Waals surface area contributed by atoms with E-state index in [4.69, 9.17) is 14.2 Å². The average Bonchev–Trinajstić information content (AvgIpc) is 3.22. The van der Waals surface area contributed by atoms with Gasteiger partial charge in [0.2, 0.25) is 0 Å². The average molecular weight is 852 g/mol. The predicted octanol–water partition coefficient (Wildman–Crippen LogP) is 12.4. The molecule has 0 aromatic heterocycles. The van der Waals surface area contributed by atoms with Gasteiger partial charge in [-0.2, -0.15) is 0 Å². The molecule has 0 saturated heterocycles. The molecule has 61 heavy (non-hydrogen) atoms. The highest BCUT2D eigenvalue weighted by molar-refractivity contribution is 5.70. The number of hydrogen-bond acceptors (Lipinski definition) is 7. The van der Waals surface area contributed by atoms with E-state index in [0.717, 1.165) is 103 Å². The summed E-state index contributed by atoms with van der Waals surface area (Å²) in [5, 5.41) is 11.6. The van der Waals surface area contributed by atoms with Gasteiger partial charge in [0.05, 0.1) is 40.3 Å². The third-order valence-electron chi connectivity index (χ3n) is 10.3. The zero-order valence-corrected chi connectivity index (χ0v) is 39.5. The van der Waals surface area contributed by atoms with E-state index in [0.29, 0.717) is 12.8 Å². The van der Waals surface area contributed by atoms with E-state index < -0.39 is 18.1 Å². The third kappa shape index (κ3) is 41.6. The van der Waals surface area contributed by atoms with Crippen LogP contribution < -0.4 is 5.11 Å². The molecule has 0 heterocycles. The Morgan fingerprint density at radius 3 is 1.48 bits per heavy atom. The summed E-state index contributed by atoms with van der Waals surface area (Å²) in [6.45, 7) is 4.48. The van der Waals surface area contributed by atoms with Crippen molar-refractivity contribution in [2.75, 3.05) is 41.0 Å². The van der Waals surface area contributed by atoms with Crippen LogP contribution in [-0.4, -0.2) is 75.5 Å². The van der Waals surface area contributed by atoms with Gasteiger partial charge in [-0.3, -0.25) is 9.59 Å². The SMILES string of the molecule is CC/C=C/C/C=C/C/C=C/C/C=C/C/C=C/CCCCCC(=O)OCC(COCCC(C(=O)[O-])[N+](C)(C)C)OC(=O)CCCCCCC/C=C/C=C/CCCCCCCCC. The number of carbonyl (C=O) groups is 3. The number of hydrogen-bond donors (Lipinski definition) is 0. The van der Waals surface area contributed by atoms with E-state index >= 15 is 0 Å². The lowest BCUT2D eigenvalue weighted by Crippen LogP contribution is -2.55. The zero-order valence-electron chi connectivity index (χ0n) is 39.5. The van der Waals surface area contributed by atoms with Crippen LogP contribution >= 0.6 is 0 Å². The first-order chi connectivity index (χ1) is 29.6. The van der Waals surface area contributed by atoms with Gasteiger partial charge in [-0.1, -0.05) is 163 Å². The van der Waals surface area contributed by atoms with Crippen LogP contribution in [0.15, 0.2) is 85.1 Å². The van der Waals surface area contributed by atoms with Crippen LogP contribution in [0.2, 0.25) is 0 Å². The van der Waals surface area contributed by atoms with Crippen molar-refractivity contribution in [2.45, 2.75) is 193 Å². The maximum absolute atomic E-state index is 12.8. The summed E-state index contributed by atoms with van der Waals surface area (Å²) in [6, 6.07) is -0.739. The van der Waals surface area contributed by atoms with Crippen molar-refractivity contribution in [3.8, 4) is 0 Å². The first-order valence-corrected chi connectivity index (χ1v) is 24.1. The molecule has 2 atom stereocenters. The minimum atomic E-state index is -1.14. The third-order valence-corrected chi connectivity index (χ3v) is 10.3. The Morgan fingerprint density at radius 2 is 0.967 bits per heavy atom. The van der Waals surface area contributed by atoms with Crippen LogP contribution in [-0.2, 0) is 28.6 Å². The molecule has 0 N–H and O–H groups in total. The van der Waals surface area contributed by atoms with E-state index in [1.807, 2.05) is 0 Å². The van der Waals surface area contributed by atoms with Gasteiger partial charge in [0.1, 0.15) is 12.6 Å². The van der Waals surface area contributed by atoms with Crippen LogP contribution in [0.1, 0.15) is 181 Å². The van der Waals surface area contributed by atoms with Crippen LogP contribution in [0.4, 0.5) is 0 Å². The number of carbonyl (C=O) groups excluding carboxylic acids is 3. The molecular formula is C53H89NO7. The fraction of sp³-hybridized carbons (Fsp3) is 0.679. The lowest BCUT2D eigenvalue weighted by atomic mass is 10.1. The largest absolute Gasteiger partial charge is 0.544 e. The molecule has 2 unspecified atom stereocenters. The Kier molecular flexibility index (Phi) is 40.7. The molecule has 0 aliphatic rings. The molecule has 8 nitrogen and oxygen atoms in total. The van der Waals surface area contributed by atoms with E-state index in [2.05, 4.69) is 98.9 Å². The summed E-state index contributed by atoms with van der Waals surface area (Å²) < 4.78 is 17.2. The molecule has 0 fully saturated rings. The fourth-order valence-electron chi connectivity index (χ4n) is 6.56. The molecule has 348 valence electrons. The summed E-state index contributed by atoms with van der Waals surface area (Å²) in [4.78, 5) is 37.0. The van der Waals surface area contributed by atoms with Crippen molar-refractivity contribution in [3.63, 3.8) is 0 Å². The summed E-state index contributed by atoms with van der Waals surface area (Å²) in [7, 11) is 5.39. The molecule has 0 saturated carbocycles. The minimum absolute atomic E-state index is 0.0189. The second kappa shape index (κ2) is 43.2. The summed E-state index contributed by atoms with van der Waals surface area (Å²) in [5.74, 6) is -1.80. The number of aliphatic carboxylic acids is 1. The monoisotopic (exact) mass is 852 g/mol. The molecule has 0 bridgehead atoms. The zero-order chi connectivity index (χ0) is 44.9. The van der Waals surface area contributed by atoms with E-state index in [9.17, 15) is 19.5 Å².